The molecule has 0 aromatic heterocycles. The Hall–Kier alpha value is -1.39. The summed E-state index contributed by atoms with van der Waals surface area (Å²) in [4.78, 5) is 9.65. The highest BCUT2D eigenvalue weighted by atomic mass is 16.7. The highest BCUT2D eigenvalue weighted by Gasteiger charge is 1.90. The van der Waals surface area contributed by atoms with E-state index in [2.05, 4.69) is 4.74 Å². The highest BCUT2D eigenvalue weighted by molar-refractivity contribution is 5.56. The van der Waals surface area contributed by atoms with Gasteiger partial charge in [-0.05, 0) is 6.08 Å². The minimum absolute atomic E-state index is 0.0521. The Morgan fingerprint density at radius 3 is 2.56 bits per heavy atom. The van der Waals surface area contributed by atoms with Gasteiger partial charge in [0.1, 0.15) is 6.61 Å². The van der Waals surface area contributed by atoms with E-state index >= 15 is 0 Å². The lowest BCUT2D eigenvalue weighted by Crippen LogP contribution is -2.10. The topological polar surface area (TPSA) is 98.6 Å². The molecule has 0 aromatic carbocycles. The molecule has 0 spiro atoms. The van der Waals surface area contributed by atoms with Gasteiger partial charge >= 0.3 is 6.16 Å². The number of carbonyl (C=O) groups is 1. The maximum Gasteiger partial charge on any atom is 0.506 e. The zero-order chi connectivity index (χ0) is 7.28. The minimum Gasteiger partial charge on any atom is -0.450 e. The third-order valence-corrected chi connectivity index (χ3v) is 0.526. The molecule has 0 atom stereocenters. The van der Waals surface area contributed by atoms with Crippen LogP contribution in [0.15, 0.2) is 11.9 Å². The largest absolute Gasteiger partial charge is 0.506 e. The van der Waals surface area contributed by atoms with Crippen molar-refractivity contribution in [1.82, 2.24) is 0 Å². The molecule has 0 radical (unpaired) electrons. The molecule has 0 bridgehead atoms. The molecule has 0 aliphatic rings. The summed E-state index contributed by atoms with van der Waals surface area (Å²) in [5, 5.41) is 7.89. The fourth-order valence-electron chi connectivity index (χ4n) is 0.209. The molecule has 0 aliphatic carbocycles. The summed E-state index contributed by atoms with van der Waals surface area (Å²) in [6, 6.07) is 0. The van der Waals surface area contributed by atoms with Crippen molar-refractivity contribution in [2.75, 3.05) is 6.61 Å². The van der Waals surface area contributed by atoms with E-state index in [1.165, 1.54) is 6.08 Å². The van der Waals surface area contributed by atoms with Crippen molar-refractivity contribution in [2.45, 2.75) is 0 Å². The summed E-state index contributed by atoms with van der Waals surface area (Å²) in [6.07, 6.45) is -0.0822. The van der Waals surface area contributed by atoms with Gasteiger partial charge in [-0.15, -0.1) is 0 Å². The highest BCUT2D eigenvalue weighted by Crippen LogP contribution is 1.77. The zero-order valence-corrected chi connectivity index (χ0v) is 4.70. The maximum absolute atomic E-state index is 9.65. The van der Waals surface area contributed by atoms with Gasteiger partial charge in [-0.2, -0.15) is 0 Å². The molecular weight excluding hydrogens is 124 g/mol. The van der Waals surface area contributed by atoms with Crippen LogP contribution in [0.1, 0.15) is 0 Å². The lowest BCUT2D eigenvalue weighted by Gasteiger charge is -1.93. The summed E-state index contributed by atoms with van der Waals surface area (Å²) in [7, 11) is 0. The van der Waals surface area contributed by atoms with Gasteiger partial charge in [-0.1, -0.05) is 0 Å². The average molecular weight is 132 g/mol. The van der Waals surface area contributed by atoms with Crippen molar-refractivity contribution in [3.63, 3.8) is 0 Å². The second-order valence-corrected chi connectivity index (χ2v) is 1.28. The minimum atomic E-state index is -1.34. The van der Waals surface area contributed by atoms with Crippen LogP contribution in [0.3, 0.4) is 0 Å². The van der Waals surface area contributed by atoms with Gasteiger partial charge in [0.2, 0.25) is 0 Å². The number of hydrogen-bond donors (Lipinski definition) is 3. The van der Waals surface area contributed by atoms with Gasteiger partial charge in [-0.3, -0.25) is 0 Å². The predicted octanol–water partition coefficient (Wildman–Crippen LogP) is -0.560. The van der Waals surface area contributed by atoms with Crippen LogP contribution in [-0.4, -0.2) is 17.9 Å². The van der Waals surface area contributed by atoms with Gasteiger partial charge < -0.3 is 21.3 Å². The monoisotopic (exact) mass is 132 g/mol. The van der Waals surface area contributed by atoms with Crippen molar-refractivity contribution in [2.24, 2.45) is 11.5 Å². The number of ether oxygens (including phenoxy) is 1. The summed E-state index contributed by atoms with van der Waals surface area (Å²) >= 11 is 0. The summed E-state index contributed by atoms with van der Waals surface area (Å²) in [6.45, 7) is -0.0995. The molecule has 0 saturated carbocycles. The number of nitrogens with two attached hydrogens (primary N) is 2. The molecule has 52 valence electrons. The molecule has 5 N–H and O–H groups in total. The molecule has 0 aliphatic heterocycles. The Morgan fingerprint density at radius 1 is 1.67 bits per heavy atom. The summed E-state index contributed by atoms with van der Waals surface area (Å²) in [5.41, 5.74) is 9.89. The normalized spacial score (nSPS) is 8.00. The van der Waals surface area contributed by atoms with Crippen LogP contribution in [0.25, 0.3) is 0 Å². The lowest BCUT2D eigenvalue weighted by molar-refractivity contribution is 0.102. The van der Waals surface area contributed by atoms with E-state index in [9.17, 15) is 4.79 Å². The van der Waals surface area contributed by atoms with Gasteiger partial charge in [0, 0.05) is 0 Å². The molecule has 0 heterocycles. The van der Waals surface area contributed by atoms with Crippen molar-refractivity contribution in [1.29, 1.82) is 0 Å². The summed E-state index contributed by atoms with van der Waals surface area (Å²) in [5.74, 6) is 0.0521. The molecule has 0 rings (SSSR count). The van der Waals surface area contributed by atoms with Gasteiger partial charge in [0.05, 0.1) is 5.82 Å². The molecule has 0 fully saturated rings. The predicted molar refractivity (Wildman–Crippen MR) is 30.4 cm³/mol. The molecule has 0 aromatic rings. The van der Waals surface area contributed by atoms with E-state index < -0.39 is 6.16 Å². The molecule has 5 heteroatoms. The van der Waals surface area contributed by atoms with Crippen LogP contribution in [0.5, 0.6) is 0 Å². The fourth-order valence-corrected chi connectivity index (χ4v) is 0.209. The first-order valence-electron chi connectivity index (χ1n) is 2.19. The number of rotatable bonds is 2. The second kappa shape index (κ2) is 3.59. The summed E-state index contributed by atoms with van der Waals surface area (Å²) < 4.78 is 4.03. The van der Waals surface area contributed by atoms with Crippen LogP contribution in [-0.2, 0) is 4.74 Å². The number of carboxylic acid groups (broad SMARTS) is 1. The fraction of sp³-hybridized carbons (Fsp3) is 0.250. The van der Waals surface area contributed by atoms with Crippen molar-refractivity contribution in [3.05, 3.63) is 11.9 Å². The van der Waals surface area contributed by atoms with E-state index in [0.29, 0.717) is 0 Å². The van der Waals surface area contributed by atoms with Crippen LogP contribution in [0.2, 0.25) is 0 Å². The Bertz CT molecular complexity index is 128. The average Bonchev–Trinajstić information content (AvgIpc) is 1.63. The van der Waals surface area contributed by atoms with Crippen molar-refractivity contribution in [3.8, 4) is 0 Å². The molecule has 9 heavy (non-hydrogen) atoms. The first kappa shape index (κ1) is 7.61. The molecular formula is C4H8N2O3. The number of hydrogen-bond acceptors (Lipinski definition) is 4. The Kier molecular flexibility index (Phi) is 3.04. The van der Waals surface area contributed by atoms with E-state index in [4.69, 9.17) is 16.6 Å². The Morgan fingerprint density at radius 2 is 2.22 bits per heavy atom. The van der Waals surface area contributed by atoms with Gasteiger partial charge in [0.25, 0.3) is 0 Å². The second-order valence-electron chi connectivity index (χ2n) is 1.28. The quantitative estimate of drug-likeness (QED) is 0.437. The molecule has 0 amide bonds. The van der Waals surface area contributed by atoms with Gasteiger partial charge in [-0.25, -0.2) is 4.79 Å². The third kappa shape index (κ3) is 6.61. The maximum atomic E-state index is 9.65. The van der Waals surface area contributed by atoms with Crippen LogP contribution >= 0.6 is 0 Å². The van der Waals surface area contributed by atoms with Crippen LogP contribution < -0.4 is 11.5 Å². The van der Waals surface area contributed by atoms with E-state index in [1.54, 1.807) is 0 Å². The first-order valence-corrected chi connectivity index (χ1v) is 2.19. The molecule has 0 saturated heterocycles. The van der Waals surface area contributed by atoms with Gasteiger partial charge in [0.15, 0.2) is 0 Å². The van der Waals surface area contributed by atoms with E-state index in [0.717, 1.165) is 0 Å². The first-order chi connectivity index (χ1) is 4.13. The van der Waals surface area contributed by atoms with Crippen LogP contribution in [0.4, 0.5) is 4.79 Å². The van der Waals surface area contributed by atoms with Crippen LogP contribution in [0, 0.1) is 0 Å². The standard InChI is InChI=1S/C4H8N2O3/c5-3(6)1-2-9-4(7)8/h1H,2,5-6H2,(H,7,8). The zero-order valence-electron chi connectivity index (χ0n) is 4.70. The van der Waals surface area contributed by atoms with E-state index in [1.807, 2.05) is 0 Å². The van der Waals surface area contributed by atoms with Crippen molar-refractivity contribution < 1.29 is 14.6 Å². The van der Waals surface area contributed by atoms with Crippen molar-refractivity contribution >= 4 is 6.16 Å². The Labute approximate surface area is 51.9 Å². The molecule has 5 nitrogen and oxygen atoms in total. The Balaban J connectivity index is 3.31. The SMILES string of the molecule is NC(N)=CCOC(=O)O. The third-order valence-electron chi connectivity index (χ3n) is 0.526. The molecule has 0 unspecified atom stereocenters. The van der Waals surface area contributed by atoms with E-state index in [-0.39, 0.29) is 12.4 Å². The smallest absolute Gasteiger partial charge is 0.450 e. The lowest BCUT2D eigenvalue weighted by atomic mass is 10.6.